The Kier molecular flexibility index (Phi) is 2.82. The molecule has 0 aliphatic heterocycles. The van der Waals surface area contributed by atoms with Crippen LogP contribution in [0, 0.1) is 0 Å². The van der Waals surface area contributed by atoms with E-state index in [1.165, 1.54) is 0 Å². The van der Waals surface area contributed by atoms with Crippen molar-refractivity contribution in [3.63, 3.8) is 0 Å². The zero-order chi connectivity index (χ0) is 8.97. The minimum absolute atomic E-state index is 0.0273. The predicted octanol–water partition coefficient (Wildman–Crippen LogP) is 0.885. The summed E-state index contributed by atoms with van der Waals surface area (Å²) >= 11 is 0. The van der Waals surface area contributed by atoms with Gasteiger partial charge in [-0.1, -0.05) is 0 Å². The SMILES string of the molecule is CN(CO)c1ccc(C=O)cc1. The Morgan fingerprint density at radius 1 is 1.42 bits per heavy atom. The number of aliphatic hydroxyl groups is 1. The van der Waals surface area contributed by atoms with Crippen molar-refractivity contribution in [2.45, 2.75) is 0 Å². The number of aldehydes is 1. The highest BCUT2D eigenvalue weighted by Gasteiger charge is 1.97. The van der Waals surface area contributed by atoms with Crippen LogP contribution in [0.2, 0.25) is 0 Å². The average molecular weight is 165 g/mol. The standard InChI is InChI=1S/C9H11NO2/c1-10(7-12)9-4-2-8(6-11)3-5-9/h2-6,12H,7H2,1H3. The van der Waals surface area contributed by atoms with Crippen molar-refractivity contribution in [1.82, 2.24) is 0 Å². The van der Waals surface area contributed by atoms with Crippen molar-refractivity contribution in [3.8, 4) is 0 Å². The van der Waals surface area contributed by atoms with Gasteiger partial charge in [-0.3, -0.25) is 4.79 Å². The van der Waals surface area contributed by atoms with Crippen LogP contribution in [0.25, 0.3) is 0 Å². The lowest BCUT2D eigenvalue weighted by molar-refractivity contribution is 0.112. The summed E-state index contributed by atoms with van der Waals surface area (Å²) in [5.41, 5.74) is 1.54. The van der Waals surface area contributed by atoms with Crippen molar-refractivity contribution in [1.29, 1.82) is 0 Å². The maximum absolute atomic E-state index is 10.3. The lowest BCUT2D eigenvalue weighted by atomic mass is 10.2. The second kappa shape index (κ2) is 3.88. The number of benzene rings is 1. The van der Waals surface area contributed by atoms with E-state index in [4.69, 9.17) is 5.11 Å². The Morgan fingerprint density at radius 3 is 2.42 bits per heavy atom. The van der Waals surface area contributed by atoms with E-state index in [2.05, 4.69) is 0 Å². The van der Waals surface area contributed by atoms with E-state index in [1.807, 2.05) is 0 Å². The van der Waals surface area contributed by atoms with Gasteiger partial charge in [0.15, 0.2) is 0 Å². The highest BCUT2D eigenvalue weighted by molar-refractivity contribution is 5.75. The van der Waals surface area contributed by atoms with Gasteiger partial charge >= 0.3 is 0 Å². The summed E-state index contributed by atoms with van der Waals surface area (Å²) in [5, 5.41) is 8.77. The molecule has 0 atom stereocenters. The summed E-state index contributed by atoms with van der Waals surface area (Å²) in [5.74, 6) is 0. The fraction of sp³-hybridized carbons (Fsp3) is 0.222. The molecule has 0 aliphatic carbocycles. The fourth-order valence-electron chi connectivity index (χ4n) is 0.889. The molecule has 1 N–H and O–H groups in total. The largest absolute Gasteiger partial charge is 0.376 e. The van der Waals surface area contributed by atoms with Crippen LogP contribution in [0.15, 0.2) is 24.3 Å². The van der Waals surface area contributed by atoms with E-state index in [0.717, 1.165) is 12.0 Å². The van der Waals surface area contributed by atoms with Gasteiger partial charge in [-0.2, -0.15) is 0 Å². The summed E-state index contributed by atoms with van der Waals surface area (Å²) in [7, 11) is 1.77. The maximum atomic E-state index is 10.3. The van der Waals surface area contributed by atoms with E-state index in [-0.39, 0.29) is 6.73 Å². The van der Waals surface area contributed by atoms with Gasteiger partial charge in [-0.25, -0.2) is 0 Å². The Morgan fingerprint density at radius 2 is 2.00 bits per heavy atom. The topological polar surface area (TPSA) is 40.5 Å². The molecule has 0 spiro atoms. The monoisotopic (exact) mass is 165 g/mol. The lowest BCUT2D eigenvalue weighted by Gasteiger charge is -2.15. The number of hydrogen-bond donors (Lipinski definition) is 1. The van der Waals surface area contributed by atoms with Crippen LogP contribution >= 0.6 is 0 Å². The fourth-order valence-corrected chi connectivity index (χ4v) is 0.889. The third-order valence-electron chi connectivity index (χ3n) is 1.68. The number of nitrogens with zero attached hydrogens (tertiary/aromatic N) is 1. The molecule has 3 heteroatoms. The lowest BCUT2D eigenvalue weighted by Crippen LogP contribution is -2.17. The van der Waals surface area contributed by atoms with Gasteiger partial charge in [0.2, 0.25) is 0 Å². The molecule has 0 saturated heterocycles. The first kappa shape index (κ1) is 8.74. The minimum Gasteiger partial charge on any atom is -0.376 e. The zero-order valence-electron chi connectivity index (χ0n) is 6.90. The second-order valence-electron chi connectivity index (χ2n) is 2.55. The number of carbonyl (C=O) groups is 1. The molecule has 0 fully saturated rings. The third kappa shape index (κ3) is 1.83. The molecule has 0 unspecified atom stereocenters. The Hall–Kier alpha value is -1.35. The van der Waals surface area contributed by atoms with E-state index in [1.54, 1.807) is 36.2 Å². The van der Waals surface area contributed by atoms with Gasteiger partial charge in [-0.15, -0.1) is 0 Å². The number of carbonyl (C=O) groups excluding carboxylic acids is 1. The number of rotatable bonds is 3. The number of anilines is 1. The minimum atomic E-state index is -0.0273. The second-order valence-corrected chi connectivity index (χ2v) is 2.55. The molecule has 1 rings (SSSR count). The molecule has 3 nitrogen and oxygen atoms in total. The first-order valence-corrected chi connectivity index (χ1v) is 3.65. The Labute approximate surface area is 71.2 Å². The quantitative estimate of drug-likeness (QED) is 0.534. The highest BCUT2D eigenvalue weighted by atomic mass is 16.3. The van der Waals surface area contributed by atoms with Gasteiger partial charge in [-0.05, 0) is 24.3 Å². The molecule has 0 aromatic heterocycles. The molecular weight excluding hydrogens is 154 g/mol. The van der Waals surface area contributed by atoms with Crippen LogP contribution in [-0.2, 0) is 0 Å². The molecule has 12 heavy (non-hydrogen) atoms. The van der Waals surface area contributed by atoms with Crippen LogP contribution < -0.4 is 4.90 Å². The zero-order valence-corrected chi connectivity index (χ0v) is 6.90. The number of hydrogen-bond acceptors (Lipinski definition) is 3. The van der Waals surface area contributed by atoms with Crippen LogP contribution in [0.3, 0.4) is 0 Å². The predicted molar refractivity (Wildman–Crippen MR) is 47.3 cm³/mol. The van der Waals surface area contributed by atoms with E-state index in [9.17, 15) is 4.79 Å². The van der Waals surface area contributed by atoms with E-state index >= 15 is 0 Å². The molecule has 0 bridgehead atoms. The van der Waals surface area contributed by atoms with Gasteiger partial charge in [0.05, 0.1) is 0 Å². The maximum Gasteiger partial charge on any atom is 0.150 e. The van der Waals surface area contributed by atoms with Crippen LogP contribution in [0.4, 0.5) is 5.69 Å². The third-order valence-corrected chi connectivity index (χ3v) is 1.68. The van der Waals surface area contributed by atoms with E-state index < -0.39 is 0 Å². The van der Waals surface area contributed by atoms with Gasteiger partial charge in [0.1, 0.15) is 13.0 Å². The average Bonchev–Trinajstić information content (AvgIpc) is 2.17. The van der Waals surface area contributed by atoms with Crippen LogP contribution in [0.5, 0.6) is 0 Å². The summed E-state index contributed by atoms with van der Waals surface area (Å²) in [4.78, 5) is 12.0. The molecule has 0 radical (unpaired) electrons. The van der Waals surface area contributed by atoms with Crippen LogP contribution in [-0.4, -0.2) is 25.2 Å². The smallest absolute Gasteiger partial charge is 0.150 e. The normalized spacial score (nSPS) is 9.50. The van der Waals surface area contributed by atoms with Crippen LogP contribution in [0.1, 0.15) is 10.4 Å². The van der Waals surface area contributed by atoms with Crippen molar-refractivity contribution >= 4 is 12.0 Å². The molecule has 1 aromatic rings. The van der Waals surface area contributed by atoms with Crippen molar-refractivity contribution in [2.24, 2.45) is 0 Å². The summed E-state index contributed by atoms with van der Waals surface area (Å²) in [6, 6.07) is 7.02. The highest BCUT2D eigenvalue weighted by Crippen LogP contribution is 2.11. The first-order valence-electron chi connectivity index (χ1n) is 3.65. The van der Waals surface area contributed by atoms with Crippen molar-refractivity contribution < 1.29 is 9.90 Å². The Balaban J connectivity index is 2.84. The first-order chi connectivity index (χ1) is 5.77. The van der Waals surface area contributed by atoms with Crippen molar-refractivity contribution in [2.75, 3.05) is 18.7 Å². The van der Waals surface area contributed by atoms with Gasteiger partial charge in [0, 0.05) is 18.3 Å². The summed E-state index contributed by atoms with van der Waals surface area (Å²) in [6.07, 6.45) is 0.794. The molecular formula is C9H11NO2. The molecule has 0 heterocycles. The molecule has 64 valence electrons. The van der Waals surface area contributed by atoms with E-state index in [0.29, 0.717) is 5.56 Å². The number of aliphatic hydroxyl groups excluding tert-OH is 1. The summed E-state index contributed by atoms with van der Waals surface area (Å²) < 4.78 is 0. The molecule has 0 aliphatic rings. The van der Waals surface area contributed by atoms with Gasteiger partial charge < -0.3 is 10.0 Å². The molecule has 0 saturated carbocycles. The summed E-state index contributed by atoms with van der Waals surface area (Å²) in [6.45, 7) is -0.0273. The molecule has 0 amide bonds. The van der Waals surface area contributed by atoms with Crippen molar-refractivity contribution in [3.05, 3.63) is 29.8 Å². The Bertz CT molecular complexity index is 256. The molecule has 1 aromatic carbocycles. The van der Waals surface area contributed by atoms with Gasteiger partial charge in [0.25, 0.3) is 0 Å².